The van der Waals surface area contributed by atoms with Gasteiger partial charge in [0.1, 0.15) is 17.1 Å². The Balaban J connectivity index is 2.06. The van der Waals surface area contributed by atoms with Gasteiger partial charge in [0, 0.05) is 5.69 Å². The van der Waals surface area contributed by atoms with E-state index >= 15 is 0 Å². The molecule has 0 fully saturated rings. The summed E-state index contributed by atoms with van der Waals surface area (Å²) in [5, 5.41) is 11.4. The van der Waals surface area contributed by atoms with Gasteiger partial charge < -0.3 is 19.5 Å². The lowest BCUT2D eigenvalue weighted by molar-refractivity contribution is -0.123. The maximum absolute atomic E-state index is 12.4. The molecule has 134 valence electrons. The van der Waals surface area contributed by atoms with E-state index in [1.54, 1.807) is 36.4 Å². The molecule has 26 heavy (non-hydrogen) atoms. The zero-order valence-corrected chi connectivity index (χ0v) is 14.6. The van der Waals surface area contributed by atoms with Crippen molar-refractivity contribution in [2.24, 2.45) is 0 Å². The average molecular weight is 354 g/mol. The number of carbonyl (C=O) groups is 2. The van der Waals surface area contributed by atoms with Gasteiger partial charge in [-0.2, -0.15) is 5.26 Å². The zero-order chi connectivity index (χ0) is 19.1. The minimum atomic E-state index is -1.03. The minimum absolute atomic E-state index is 0.157. The number of esters is 1. The number of nitriles is 1. The molecule has 0 aliphatic heterocycles. The molecule has 2 aromatic carbocycles. The Morgan fingerprint density at radius 1 is 1.08 bits per heavy atom. The van der Waals surface area contributed by atoms with Crippen LogP contribution in [-0.2, 0) is 9.53 Å². The van der Waals surface area contributed by atoms with Crippen LogP contribution in [0.3, 0.4) is 0 Å². The zero-order valence-electron chi connectivity index (χ0n) is 14.6. The fraction of sp³-hybridized carbons (Fsp3) is 0.211. The van der Waals surface area contributed by atoms with Gasteiger partial charge in [-0.05, 0) is 49.4 Å². The molecule has 0 spiro atoms. The molecule has 7 heteroatoms. The number of nitrogens with zero attached hydrogens (tertiary/aromatic N) is 1. The van der Waals surface area contributed by atoms with Gasteiger partial charge in [-0.15, -0.1) is 0 Å². The molecule has 0 radical (unpaired) electrons. The summed E-state index contributed by atoms with van der Waals surface area (Å²) in [6.45, 7) is 1.46. The number of hydrogen-bond donors (Lipinski definition) is 1. The Bertz CT molecular complexity index is 840. The number of hydrogen-bond acceptors (Lipinski definition) is 6. The van der Waals surface area contributed by atoms with E-state index in [4.69, 9.17) is 19.5 Å². The van der Waals surface area contributed by atoms with Crippen LogP contribution in [0.4, 0.5) is 5.69 Å². The van der Waals surface area contributed by atoms with E-state index in [0.29, 0.717) is 22.7 Å². The van der Waals surface area contributed by atoms with Crippen LogP contribution in [0, 0.1) is 11.3 Å². The molecule has 0 heterocycles. The van der Waals surface area contributed by atoms with Crippen molar-refractivity contribution in [2.75, 3.05) is 19.5 Å². The summed E-state index contributed by atoms with van der Waals surface area (Å²) < 4.78 is 15.4. The van der Waals surface area contributed by atoms with Crippen molar-refractivity contribution in [3.63, 3.8) is 0 Å². The molecular formula is C19H18N2O5. The highest BCUT2D eigenvalue weighted by Crippen LogP contribution is 2.25. The third kappa shape index (κ3) is 4.51. The summed E-state index contributed by atoms with van der Waals surface area (Å²) >= 11 is 0. The highest BCUT2D eigenvalue weighted by molar-refractivity contribution is 5.98. The predicted octanol–water partition coefficient (Wildman–Crippen LogP) is 2.76. The molecular weight excluding hydrogens is 336 g/mol. The number of rotatable bonds is 6. The van der Waals surface area contributed by atoms with Gasteiger partial charge in [0.15, 0.2) is 6.10 Å². The average Bonchev–Trinajstić information content (AvgIpc) is 2.67. The first-order valence-corrected chi connectivity index (χ1v) is 7.72. The molecule has 1 amide bonds. The van der Waals surface area contributed by atoms with E-state index in [1.165, 1.54) is 27.2 Å². The van der Waals surface area contributed by atoms with E-state index < -0.39 is 18.0 Å². The van der Waals surface area contributed by atoms with Crippen molar-refractivity contribution in [3.05, 3.63) is 53.6 Å². The van der Waals surface area contributed by atoms with Crippen LogP contribution < -0.4 is 14.8 Å². The van der Waals surface area contributed by atoms with E-state index in [1.807, 2.05) is 6.07 Å². The maximum atomic E-state index is 12.4. The molecule has 1 N–H and O–H groups in total. The molecule has 7 nitrogen and oxygen atoms in total. The van der Waals surface area contributed by atoms with Crippen molar-refractivity contribution in [2.45, 2.75) is 13.0 Å². The summed E-state index contributed by atoms with van der Waals surface area (Å²) in [6.07, 6.45) is -1.03. The van der Waals surface area contributed by atoms with Gasteiger partial charge in [-0.1, -0.05) is 0 Å². The highest BCUT2D eigenvalue weighted by Gasteiger charge is 2.22. The normalized spacial score (nSPS) is 11.0. The number of amides is 1. The van der Waals surface area contributed by atoms with Gasteiger partial charge in [0.2, 0.25) is 0 Å². The lowest BCUT2D eigenvalue weighted by atomic mass is 10.2. The van der Waals surface area contributed by atoms with Crippen LogP contribution in [0.2, 0.25) is 0 Å². The number of nitrogens with one attached hydrogen (secondary N) is 1. The highest BCUT2D eigenvalue weighted by atomic mass is 16.5. The van der Waals surface area contributed by atoms with Gasteiger partial charge in [-0.25, -0.2) is 4.79 Å². The second-order valence-corrected chi connectivity index (χ2v) is 5.29. The number of carbonyl (C=O) groups excluding carboxylic acids is 2. The summed E-state index contributed by atoms with van der Waals surface area (Å²) in [6, 6.07) is 13.0. The maximum Gasteiger partial charge on any atom is 0.342 e. The topological polar surface area (TPSA) is 97.7 Å². The minimum Gasteiger partial charge on any atom is -0.497 e. The van der Waals surface area contributed by atoms with Crippen molar-refractivity contribution in [3.8, 4) is 17.6 Å². The van der Waals surface area contributed by atoms with E-state index in [2.05, 4.69) is 5.32 Å². The van der Waals surface area contributed by atoms with Crippen molar-refractivity contribution in [1.82, 2.24) is 0 Å². The molecule has 0 saturated heterocycles. The molecule has 0 aliphatic carbocycles. The van der Waals surface area contributed by atoms with Crippen LogP contribution in [0.5, 0.6) is 11.5 Å². The quantitative estimate of drug-likeness (QED) is 0.801. The summed E-state index contributed by atoms with van der Waals surface area (Å²) in [5.74, 6) is -0.420. The fourth-order valence-corrected chi connectivity index (χ4v) is 2.12. The first kappa shape index (κ1) is 18.8. The third-order valence-electron chi connectivity index (χ3n) is 3.56. The molecule has 1 atom stereocenters. The number of benzene rings is 2. The SMILES string of the molecule is COc1ccc(OC)c(C(=O)O[C@@H](C)C(=O)Nc2ccc(C#N)cc2)c1. The Hall–Kier alpha value is -3.53. The molecule has 0 bridgehead atoms. The monoisotopic (exact) mass is 354 g/mol. The Morgan fingerprint density at radius 2 is 1.77 bits per heavy atom. The number of anilines is 1. The lowest BCUT2D eigenvalue weighted by Gasteiger charge is -2.15. The van der Waals surface area contributed by atoms with Crippen molar-refractivity contribution >= 4 is 17.6 Å². The van der Waals surface area contributed by atoms with Gasteiger partial charge in [0.05, 0.1) is 25.9 Å². The summed E-state index contributed by atoms with van der Waals surface area (Å²) in [4.78, 5) is 24.6. The van der Waals surface area contributed by atoms with Crippen LogP contribution in [0.15, 0.2) is 42.5 Å². The molecule has 0 aliphatic rings. The standard InChI is InChI=1S/C19H18N2O5/c1-12(18(22)21-14-6-4-13(11-20)5-7-14)26-19(23)16-10-15(24-2)8-9-17(16)25-3/h4-10,12H,1-3H3,(H,21,22)/t12-/m0/s1. The first-order valence-electron chi connectivity index (χ1n) is 7.72. The van der Waals surface area contributed by atoms with Crippen molar-refractivity contribution in [1.29, 1.82) is 5.26 Å². The predicted molar refractivity (Wildman–Crippen MR) is 94.2 cm³/mol. The number of methoxy groups -OCH3 is 2. The molecule has 0 aromatic heterocycles. The lowest BCUT2D eigenvalue weighted by Crippen LogP contribution is -2.30. The molecule has 2 rings (SSSR count). The molecule has 0 unspecified atom stereocenters. The van der Waals surface area contributed by atoms with Crippen LogP contribution in [0.25, 0.3) is 0 Å². The van der Waals surface area contributed by atoms with E-state index in [-0.39, 0.29) is 5.56 Å². The van der Waals surface area contributed by atoms with Gasteiger partial charge in [-0.3, -0.25) is 4.79 Å². The molecule has 2 aromatic rings. The van der Waals surface area contributed by atoms with Crippen LogP contribution in [-0.4, -0.2) is 32.2 Å². The van der Waals surface area contributed by atoms with E-state index in [9.17, 15) is 9.59 Å². The van der Waals surface area contributed by atoms with Crippen molar-refractivity contribution < 1.29 is 23.8 Å². The Morgan fingerprint density at radius 3 is 2.35 bits per heavy atom. The molecule has 0 saturated carbocycles. The summed E-state index contributed by atoms with van der Waals surface area (Å²) in [5.41, 5.74) is 1.13. The Labute approximate surface area is 151 Å². The smallest absolute Gasteiger partial charge is 0.342 e. The first-order chi connectivity index (χ1) is 12.5. The summed E-state index contributed by atoms with van der Waals surface area (Å²) in [7, 11) is 2.91. The largest absolute Gasteiger partial charge is 0.497 e. The van der Waals surface area contributed by atoms with Gasteiger partial charge in [0.25, 0.3) is 5.91 Å². The Kier molecular flexibility index (Phi) is 6.17. The second-order valence-electron chi connectivity index (χ2n) is 5.29. The van der Waals surface area contributed by atoms with Crippen LogP contribution >= 0.6 is 0 Å². The second kappa shape index (κ2) is 8.53. The van der Waals surface area contributed by atoms with E-state index in [0.717, 1.165) is 0 Å². The van der Waals surface area contributed by atoms with Gasteiger partial charge >= 0.3 is 5.97 Å². The third-order valence-corrected chi connectivity index (χ3v) is 3.56. The number of ether oxygens (including phenoxy) is 3. The fourth-order valence-electron chi connectivity index (χ4n) is 2.12. The van der Waals surface area contributed by atoms with Crippen LogP contribution in [0.1, 0.15) is 22.8 Å².